The Balaban J connectivity index is 2.23. The fourth-order valence-corrected chi connectivity index (χ4v) is 2.05. The van der Waals surface area contributed by atoms with Gasteiger partial charge in [-0.05, 0) is 30.9 Å². The molecule has 13 heavy (non-hydrogen) atoms. The average Bonchev–Trinajstić information content (AvgIpc) is 2.48. The number of thioether (sulfide) groups is 1. The smallest absolute Gasteiger partial charge is 0.222 e. The molecule has 0 aromatic rings. The molecule has 76 valence electrons. The lowest BCUT2D eigenvalue weighted by atomic mass is 10.1. The van der Waals surface area contributed by atoms with Crippen LogP contribution in [0.3, 0.4) is 0 Å². The Morgan fingerprint density at radius 1 is 1.69 bits per heavy atom. The van der Waals surface area contributed by atoms with Gasteiger partial charge in [-0.1, -0.05) is 0 Å². The molecule has 3 nitrogen and oxygen atoms in total. The number of rotatable bonds is 5. The van der Waals surface area contributed by atoms with Crippen molar-refractivity contribution in [3.05, 3.63) is 0 Å². The van der Waals surface area contributed by atoms with Gasteiger partial charge in [0.25, 0.3) is 0 Å². The summed E-state index contributed by atoms with van der Waals surface area (Å²) in [5.41, 5.74) is 5.53. The zero-order chi connectivity index (χ0) is 9.68. The Bertz CT molecular complexity index is 175. The van der Waals surface area contributed by atoms with Crippen molar-refractivity contribution < 1.29 is 4.79 Å². The summed E-state index contributed by atoms with van der Waals surface area (Å²) < 4.78 is 0. The van der Waals surface area contributed by atoms with Crippen molar-refractivity contribution in [3.63, 3.8) is 0 Å². The number of hydrogen-bond acceptors (Lipinski definition) is 3. The first-order valence-corrected chi connectivity index (χ1v) is 6.14. The molecular weight excluding hydrogens is 184 g/mol. The van der Waals surface area contributed by atoms with Crippen LogP contribution in [-0.2, 0) is 4.79 Å². The van der Waals surface area contributed by atoms with E-state index < -0.39 is 0 Å². The molecule has 1 fully saturated rings. The van der Waals surface area contributed by atoms with Crippen LogP contribution in [0.25, 0.3) is 0 Å². The normalized spacial score (nSPS) is 22.8. The van der Waals surface area contributed by atoms with Gasteiger partial charge >= 0.3 is 0 Å². The fraction of sp³-hybridized carbons (Fsp3) is 0.889. The number of nitrogens with zero attached hydrogens (tertiary/aromatic N) is 1. The zero-order valence-corrected chi connectivity index (χ0v) is 8.98. The van der Waals surface area contributed by atoms with Gasteiger partial charge in [0, 0.05) is 19.5 Å². The maximum Gasteiger partial charge on any atom is 0.222 e. The van der Waals surface area contributed by atoms with E-state index in [1.54, 1.807) is 0 Å². The summed E-state index contributed by atoms with van der Waals surface area (Å²) >= 11 is 1.83. The number of nitrogens with two attached hydrogens (primary N) is 1. The van der Waals surface area contributed by atoms with Crippen molar-refractivity contribution >= 4 is 17.7 Å². The average molecular weight is 202 g/mol. The molecule has 0 aromatic heterocycles. The molecule has 0 bridgehead atoms. The minimum atomic E-state index is 0.288. The molecule has 0 spiro atoms. The van der Waals surface area contributed by atoms with Crippen molar-refractivity contribution in [3.8, 4) is 0 Å². The van der Waals surface area contributed by atoms with Crippen molar-refractivity contribution in [2.75, 3.05) is 31.6 Å². The number of likely N-dealkylation sites (tertiary alicyclic amines) is 1. The van der Waals surface area contributed by atoms with E-state index in [2.05, 4.69) is 6.26 Å². The molecule has 0 radical (unpaired) electrons. The van der Waals surface area contributed by atoms with Gasteiger partial charge in [0.1, 0.15) is 0 Å². The largest absolute Gasteiger partial charge is 0.342 e. The zero-order valence-electron chi connectivity index (χ0n) is 8.16. The molecular formula is C9H18N2OS. The number of amides is 1. The minimum Gasteiger partial charge on any atom is -0.342 e. The summed E-state index contributed by atoms with van der Waals surface area (Å²) in [4.78, 5) is 13.4. The molecule has 1 saturated heterocycles. The Hall–Kier alpha value is -0.220. The van der Waals surface area contributed by atoms with E-state index in [0.29, 0.717) is 18.9 Å². The number of carbonyl (C=O) groups is 1. The highest BCUT2D eigenvalue weighted by atomic mass is 32.2. The van der Waals surface area contributed by atoms with E-state index in [1.807, 2.05) is 16.7 Å². The van der Waals surface area contributed by atoms with E-state index in [0.717, 1.165) is 25.3 Å². The van der Waals surface area contributed by atoms with Crippen LogP contribution in [0.5, 0.6) is 0 Å². The van der Waals surface area contributed by atoms with Gasteiger partial charge in [-0.15, -0.1) is 0 Å². The van der Waals surface area contributed by atoms with E-state index in [-0.39, 0.29) is 5.91 Å². The monoisotopic (exact) mass is 202 g/mol. The van der Waals surface area contributed by atoms with E-state index in [4.69, 9.17) is 5.73 Å². The Morgan fingerprint density at radius 2 is 2.46 bits per heavy atom. The number of hydrogen-bond donors (Lipinski definition) is 1. The van der Waals surface area contributed by atoms with Crippen molar-refractivity contribution in [1.82, 2.24) is 4.90 Å². The Kier molecular flexibility index (Phi) is 4.59. The summed E-state index contributed by atoms with van der Waals surface area (Å²) in [5, 5.41) is 0. The molecule has 1 atom stereocenters. The molecule has 1 unspecified atom stereocenters. The third kappa shape index (κ3) is 3.19. The third-order valence-corrected chi connectivity index (χ3v) is 3.10. The molecule has 0 aliphatic carbocycles. The molecule has 1 amide bonds. The van der Waals surface area contributed by atoms with Crippen LogP contribution in [0.4, 0.5) is 0 Å². The van der Waals surface area contributed by atoms with Gasteiger partial charge in [-0.25, -0.2) is 0 Å². The van der Waals surface area contributed by atoms with Gasteiger partial charge in [0.05, 0.1) is 0 Å². The standard InChI is InChI=1S/C9H18N2OS/c1-13-4-2-3-11-7-8(6-10)5-9(11)12/h8H,2-7,10H2,1H3. The molecule has 1 heterocycles. The first-order valence-electron chi connectivity index (χ1n) is 4.74. The highest BCUT2D eigenvalue weighted by Gasteiger charge is 2.27. The fourth-order valence-electron chi connectivity index (χ4n) is 1.63. The predicted molar refractivity (Wildman–Crippen MR) is 56.7 cm³/mol. The second kappa shape index (κ2) is 5.50. The Labute approximate surface area is 84.0 Å². The lowest BCUT2D eigenvalue weighted by Gasteiger charge is -2.15. The van der Waals surface area contributed by atoms with Gasteiger partial charge in [0.15, 0.2) is 0 Å². The van der Waals surface area contributed by atoms with Crippen LogP contribution in [0.2, 0.25) is 0 Å². The topological polar surface area (TPSA) is 46.3 Å². The lowest BCUT2D eigenvalue weighted by molar-refractivity contribution is -0.127. The predicted octanol–water partition coefficient (Wildman–Crippen LogP) is 0.547. The first-order chi connectivity index (χ1) is 6.27. The molecule has 1 aliphatic rings. The van der Waals surface area contributed by atoms with Gasteiger partial charge < -0.3 is 10.6 Å². The van der Waals surface area contributed by atoms with E-state index in [9.17, 15) is 4.79 Å². The molecule has 0 aromatic carbocycles. The van der Waals surface area contributed by atoms with Crippen LogP contribution in [0, 0.1) is 5.92 Å². The highest BCUT2D eigenvalue weighted by molar-refractivity contribution is 7.98. The third-order valence-electron chi connectivity index (χ3n) is 2.40. The first kappa shape index (κ1) is 10.9. The maximum absolute atomic E-state index is 11.4. The molecule has 0 saturated carbocycles. The minimum absolute atomic E-state index is 0.288. The van der Waals surface area contributed by atoms with Crippen LogP contribution in [-0.4, -0.2) is 42.4 Å². The van der Waals surface area contributed by atoms with E-state index >= 15 is 0 Å². The van der Waals surface area contributed by atoms with Gasteiger partial charge in [-0.3, -0.25) is 4.79 Å². The second-order valence-electron chi connectivity index (χ2n) is 3.49. The molecule has 1 aliphatic heterocycles. The van der Waals surface area contributed by atoms with Crippen LogP contribution in [0.1, 0.15) is 12.8 Å². The van der Waals surface area contributed by atoms with Crippen molar-refractivity contribution in [2.24, 2.45) is 11.7 Å². The Morgan fingerprint density at radius 3 is 3.00 bits per heavy atom. The van der Waals surface area contributed by atoms with Crippen LogP contribution in [0.15, 0.2) is 0 Å². The summed E-state index contributed by atoms with van der Waals surface area (Å²) in [7, 11) is 0. The highest BCUT2D eigenvalue weighted by Crippen LogP contribution is 2.16. The lowest BCUT2D eigenvalue weighted by Crippen LogP contribution is -2.27. The van der Waals surface area contributed by atoms with Crippen LogP contribution >= 0.6 is 11.8 Å². The number of carbonyl (C=O) groups excluding carboxylic acids is 1. The maximum atomic E-state index is 11.4. The summed E-state index contributed by atoms with van der Waals surface area (Å²) in [6.07, 6.45) is 3.86. The molecule has 4 heteroatoms. The second-order valence-corrected chi connectivity index (χ2v) is 4.48. The van der Waals surface area contributed by atoms with Crippen LogP contribution < -0.4 is 5.73 Å². The van der Waals surface area contributed by atoms with E-state index in [1.165, 1.54) is 0 Å². The molecule has 2 N–H and O–H groups in total. The summed E-state index contributed by atoms with van der Waals surface area (Å²) in [6, 6.07) is 0. The van der Waals surface area contributed by atoms with Gasteiger partial charge in [0.2, 0.25) is 5.91 Å². The van der Waals surface area contributed by atoms with Crippen molar-refractivity contribution in [2.45, 2.75) is 12.8 Å². The molecule has 1 rings (SSSR count). The van der Waals surface area contributed by atoms with Crippen molar-refractivity contribution in [1.29, 1.82) is 0 Å². The summed E-state index contributed by atoms with van der Waals surface area (Å²) in [6.45, 7) is 2.44. The SMILES string of the molecule is CSCCCN1CC(CN)CC1=O. The summed E-state index contributed by atoms with van der Waals surface area (Å²) in [5.74, 6) is 1.83. The quantitative estimate of drug-likeness (QED) is 0.662. The van der Waals surface area contributed by atoms with Gasteiger partial charge in [-0.2, -0.15) is 11.8 Å².